The number of nitriles is 1. The molecule has 0 saturated carbocycles. The minimum Gasteiger partial charge on any atom is -0.444 e. The maximum absolute atomic E-state index is 12.8. The lowest BCUT2D eigenvalue weighted by Gasteiger charge is -2.28. The molecule has 0 aliphatic carbocycles. The van der Waals surface area contributed by atoms with Gasteiger partial charge in [0.25, 0.3) is 0 Å². The maximum Gasteiger partial charge on any atom is 0.410 e. The van der Waals surface area contributed by atoms with Gasteiger partial charge >= 0.3 is 6.09 Å². The third-order valence-electron chi connectivity index (χ3n) is 5.53. The molecule has 0 spiro atoms. The molecule has 0 bridgehead atoms. The number of nitrogens with zero attached hydrogens (tertiary/aromatic N) is 5. The van der Waals surface area contributed by atoms with E-state index in [0.717, 1.165) is 32.8 Å². The summed E-state index contributed by atoms with van der Waals surface area (Å²) < 4.78 is 18.7. The van der Waals surface area contributed by atoms with Crippen LogP contribution in [0.3, 0.4) is 0 Å². The molecule has 2 atom stereocenters. The van der Waals surface area contributed by atoms with Crippen LogP contribution in [0.25, 0.3) is 0 Å². The minimum atomic E-state index is -0.582. The van der Waals surface area contributed by atoms with Gasteiger partial charge in [-0.3, -0.25) is 4.90 Å². The van der Waals surface area contributed by atoms with Gasteiger partial charge in [0.05, 0.1) is 31.9 Å². The van der Waals surface area contributed by atoms with E-state index in [1.54, 1.807) is 12.0 Å². The molecule has 1 aromatic heterocycles. The molecule has 0 aromatic carbocycles. The Bertz CT molecular complexity index is 827. The van der Waals surface area contributed by atoms with E-state index in [4.69, 9.17) is 14.2 Å². The monoisotopic (exact) mass is 512 g/mol. The molecule has 3 rings (SSSR count). The van der Waals surface area contributed by atoms with Crippen molar-refractivity contribution in [1.82, 2.24) is 19.6 Å². The Morgan fingerprint density at radius 3 is 2.72 bits per heavy atom. The predicted molar refractivity (Wildman–Crippen MR) is 123 cm³/mol. The highest BCUT2D eigenvalue weighted by Crippen LogP contribution is 2.34. The standard InChI is InChI=1S/C21H33BrN6O4/c1-21(2,3)32-20(29)27-13-15(11-16(27)14-30-4)28-19(17(12-23)18(22)25-28)24-5-6-26-7-9-31-10-8-26/h15-16,24H,5-11,13-14H2,1-4H3/t15-,16+/m0/s1. The smallest absolute Gasteiger partial charge is 0.410 e. The molecule has 1 amide bonds. The van der Waals surface area contributed by atoms with Crippen LogP contribution in [-0.4, -0.2) is 97.0 Å². The minimum absolute atomic E-state index is 0.105. The molecular weight excluding hydrogens is 480 g/mol. The van der Waals surface area contributed by atoms with Crippen LogP contribution in [0.1, 0.15) is 38.8 Å². The van der Waals surface area contributed by atoms with Crippen LogP contribution in [0, 0.1) is 11.3 Å². The number of nitrogens with one attached hydrogen (secondary N) is 1. The summed E-state index contributed by atoms with van der Waals surface area (Å²) in [6.07, 6.45) is 0.292. The molecule has 11 heteroatoms. The number of methoxy groups -OCH3 is 1. The van der Waals surface area contributed by atoms with Gasteiger partial charge in [-0.05, 0) is 43.1 Å². The van der Waals surface area contributed by atoms with Crippen molar-refractivity contribution in [3.63, 3.8) is 0 Å². The van der Waals surface area contributed by atoms with Crippen LogP contribution >= 0.6 is 15.9 Å². The first-order chi connectivity index (χ1) is 15.2. The molecule has 178 valence electrons. The SMILES string of the molecule is COC[C@H]1C[C@H](n2nc(Br)c(C#N)c2NCCN2CCOCC2)CN1C(=O)OC(C)(C)C. The Morgan fingerprint density at radius 2 is 2.09 bits per heavy atom. The molecule has 2 saturated heterocycles. The average Bonchev–Trinajstić information content (AvgIpc) is 3.28. The Morgan fingerprint density at radius 1 is 1.38 bits per heavy atom. The molecule has 0 radical (unpaired) electrons. The number of carbonyl (C=O) groups excluding carboxylic acids is 1. The van der Waals surface area contributed by atoms with Crippen LogP contribution in [0.4, 0.5) is 10.6 Å². The highest BCUT2D eigenvalue weighted by Gasteiger charge is 2.40. The van der Waals surface area contributed by atoms with Gasteiger partial charge in [0, 0.05) is 39.8 Å². The molecular formula is C21H33BrN6O4. The van der Waals surface area contributed by atoms with Crippen LogP contribution in [0.15, 0.2) is 4.60 Å². The summed E-state index contributed by atoms with van der Waals surface area (Å²) in [4.78, 5) is 16.8. The first kappa shape index (κ1) is 24.8. The molecule has 32 heavy (non-hydrogen) atoms. The van der Waals surface area contributed by atoms with Gasteiger partial charge in [0.15, 0.2) is 0 Å². The van der Waals surface area contributed by atoms with Crippen LogP contribution in [-0.2, 0) is 14.2 Å². The number of aromatic nitrogens is 2. The normalized spacial score (nSPS) is 22.1. The second kappa shape index (κ2) is 10.8. The zero-order valence-corrected chi connectivity index (χ0v) is 20.9. The topological polar surface area (TPSA) is 105 Å². The number of rotatable bonds is 7. The van der Waals surface area contributed by atoms with Crippen molar-refractivity contribution >= 4 is 27.8 Å². The van der Waals surface area contributed by atoms with Gasteiger partial charge in [0.2, 0.25) is 0 Å². The number of likely N-dealkylation sites (tertiary alicyclic amines) is 1. The largest absolute Gasteiger partial charge is 0.444 e. The summed E-state index contributed by atoms with van der Waals surface area (Å²) in [5.41, 5.74) is -0.118. The number of hydrogen-bond acceptors (Lipinski definition) is 8. The molecule has 1 N–H and O–H groups in total. The highest BCUT2D eigenvalue weighted by atomic mass is 79.9. The Hall–Kier alpha value is -1.87. The van der Waals surface area contributed by atoms with Gasteiger partial charge in [0.1, 0.15) is 27.7 Å². The summed E-state index contributed by atoms with van der Waals surface area (Å²) in [6, 6.07) is 2.01. The second-order valence-corrected chi connectivity index (χ2v) is 9.83. The fourth-order valence-electron chi connectivity index (χ4n) is 4.06. The van der Waals surface area contributed by atoms with Gasteiger partial charge in [-0.2, -0.15) is 10.4 Å². The van der Waals surface area contributed by atoms with Crippen molar-refractivity contribution in [2.24, 2.45) is 0 Å². The maximum atomic E-state index is 12.8. The number of morpholine rings is 1. The predicted octanol–water partition coefficient (Wildman–Crippen LogP) is 2.46. The van der Waals surface area contributed by atoms with Crippen molar-refractivity contribution in [1.29, 1.82) is 5.26 Å². The first-order valence-corrected chi connectivity index (χ1v) is 11.7. The van der Waals surface area contributed by atoms with E-state index < -0.39 is 5.60 Å². The molecule has 1 aromatic rings. The highest BCUT2D eigenvalue weighted by molar-refractivity contribution is 9.10. The molecule has 0 unspecified atom stereocenters. The zero-order chi connectivity index (χ0) is 23.3. The lowest BCUT2D eigenvalue weighted by atomic mass is 10.2. The lowest BCUT2D eigenvalue weighted by Crippen LogP contribution is -2.41. The van der Waals surface area contributed by atoms with Gasteiger partial charge in [-0.15, -0.1) is 0 Å². The number of ether oxygens (including phenoxy) is 3. The van der Waals surface area contributed by atoms with Crippen LogP contribution < -0.4 is 5.32 Å². The quantitative estimate of drug-likeness (QED) is 0.593. The fraction of sp³-hybridized carbons (Fsp3) is 0.762. The van der Waals surface area contributed by atoms with Gasteiger partial charge in [-0.1, -0.05) is 0 Å². The summed E-state index contributed by atoms with van der Waals surface area (Å²) in [5.74, 6) is 0.667. The average molecular weight is 513 g/mol. The van der Waals surface area contributed by atoms with Gasteiger partial charge in [-0.25, -0.2) is 9.48 Å². The second-order valence-electron chi connectivity index (χ2n) is 9.08. The lowest BCUT2D eigenvalue weighted by molar-refractivity contribution is 0.0145. The zero-order valence-electron chi connectivity index (χ0n) is 19.3. The Kier molecular flexibility index (Phi) is 8.38. The van der Waals surface area contributed by atoms with Crippen molar-refractivity contribution in [3.05, 3.63) is 10.2 Å². The number of hydrogen-bond donors (Lipinski definition) is 1. The molecule has 10 nitrogen and oxygen atoms in total. The summed E-state index contributed by atoms with van der Waals surface area (Å²) in [7, 11) is 1.62. The fourth-order valence-corrected chi connectivity index (χ4v) is 4.51. The first-order valence-electron chi connectivity index (χ1n) is 10.9. The third-order valence-corrected chi connectivity index (χ3v) is 6.08. The molecule has 2 fully saturated rings. The van der Waals surface area contributed by atoms with Crippen molar-refractivity contribution in [2.45, 2.75) is 44.9 Å². The van der Waals surface area contributed by atoms with E-state index in [2.05, 4.69) is 37.3 Å². The number of carbonyl (C=O) groups is 1. The third kappa shape index (κ3) is 6.13. The number of anilines is 1. The van der Waals surface area contributed by atoms with E-state index >= 15 is 0 Å². The Labute approximate surface area is 197 Å². The number of amides is 1. The van der Waals surface area contributed by atoms with Crippen molar-refractivity contribution in [3.8, 4) is 6.07 Å². The van der Waals surface area contributed by atoms with E-state index in [0.29, 0.717) is 42.1 Å². The van der Waals surface area contributed by atoms with Crippen molar-refractivity contribution < 1.29 is 19.0 Å². The molecule has 2 aliphatic rings. The van der Waals surface area contributed by atoms with E-state index in [1.807, 2.05) is 25.5 Å². The Balaban J connectivity index is 1.75. The van der Waals surface area contributed by atoms with E-state index in [-0.39, 0.29) is 18.2 Å². The van der Waals surface area contributed by atoms with Crippen LogP contribution in [0.5, 0.6) is 0 Å². The van der Waals surface area contributed by atoms with E-state index in [1.165, 1.54) is 0 Å². The van der Waals surface area contributed by atoms with E-state index in [9.17, 15) is 10.1 Å². The van der Waals surface area contributed by atoms with Crippen molar-refractivity contribution in [2.75, 3.05) is 65.0 Å². The number of halogens is 1. The summed E-state index contributed by atoms with van der Waals surface area (Å²) >= 11 is 3.42. The molecule has 3 heterocycles. The molecule has 2 aliphatic heterocycles. The summed E-state index contributed by atoms with van der Waals surface area (Å²) in [5, 5.41) is 17.7. The summed E-state index contributed by atoms with van der Waals surface area (Å²) in [6.45, 7) is 11.2. The van der Waals surface area contributed by atoms with Crippen LogP contribution in [0.2, 0.25) is 0 Å². The van der Waals surface area contributed by atoms with Gasteiger partial charge < -0.3 is 24.4 Å².